The van der Waals surface area contributed by atoms with Gasteiger partial charge in [-0.2, -0.15) is 5.26 Å². The molecule has 5 heteroatoms. The van der Waals surface area contributed by atoms with Crippen LogP contribution in [0.1, 0.15) is 23.1 Å². The maximum absolute atomic E-state index is 12.8. The summed E-state index contributed by atoms with van der Waals surface area (Å²) in [5.74, 6) is 0. The molecule has 0 saturated carbocycles. The number of carbonyl (C=O) groups excluding carboxylic acids is 1. The van der Waals surface area contributed by atoms with Crippen molar-refractivity contribution in [2.75, 3.05) is 18.4 Å². The Bertz CT molecular complexity index is 963. The van der Waals surface area contributed by atoms with Gasteiger partial charge in [-0.3, -0.25) is 0 Å². The maximum atomic E-state index is 12.8. The van der Waals surface area contributed by atoms with Gasteiger partial charge in [0.05, 0.1) is 12.5 Å². The lowest BCUT2D eigenvalue weighted by Crippen LogP contribution is -2.37. The molecule has 2 amide bonds. The Morgan fingerprint density at radius 3 is 2.59 bits per heavy atom. The monoisotopic (exact) mass is 360 g/mol. The van der Waals surface area contributed by atoms with Crippen molar-refractivity contribution in [3.8, 4) is 6.07 Å². The molecule has 2 N–H and O–H groups in total. The quantitative estimate of drug-likeness (QED) is 0.664. The van der Waals surface area contributed by atoms with Gasteiger partial charge in [0.1, 0.15) is 0 Å². The van der Waals surface area contributed by atoms with E-state index in [1.165, 1.54) is 10.9 Å². The third kappa shape index (κ3) is 4.29. The van der Waals surface area contributed by atoms with Gasteiger partial charge < -0.3 is 15.2 Å². The lowest BCUT2D eigenvalue weighted by molar-refractivity contribution is 0.213. The average Bonchev–Trinajstić information content (AvgIpc) is 3.08. The van der Waals surface area contributed by atoms with Crippen LogP contribution in [0.25, 0.3) is 10.9 Å². The molecule has 0 aliphatic heterocycles. The fourth-order valence-electron chi connectivity index (χ4n) is 3.29. The zero-order chi connectivity index (χ0) is 19.2. The number of nitrogens with one attached hydrogen (secondary N) is 2. The Hall–Kier alpha value is -3.26. The lowest BCUT2D eigenvalue weighted by atomic mass is 10.1. The van der Waals surface area contributed by atoms with E-state index in [1.807, 2.05) is 56.4 Å². The van der Waals surface area contributed by atoms with Crippen LogP contribution in [-0.4, -0.2) is 29.0 Å². The summed E-state index contributed by atoms with van der Waals surface area (Å²) in [6, 6.07) is 16.0. The first-order chi connectivity index (χ1) is 13.1. The van der Waals surface area contributed by atoms with Crippen molar-refractivity contribution in [3.05, 3.63) is 65.4 Å². The second kappa shape index (κ2) is 8.41. The minimum atomic E-state index is -0.164. The number of hydrogen-bond donors (Lipinski definition) is 2. The summed E-state index contributed by atoms with van der Waals surface area (Å²) in [6.07, 6.45) is 3.04. The zero-order valence-electron chi connectivity index (χ0n) is 15.7. The number of hydrogen-bond acceptors (Lipinski definition) is 2. The summed E-state index contributed by atoms with van der Waals surface area (Å²) in [4.78, 5) is 17.8. The predicted molar refractivity (Wildman–Crippen MR) is 109 cm³/mol. The molecule has 1 heterocycles. The molecule has 0 atom stereocenters. The van der Waals surface area contributed by atoms with Crippen LogP contribution in [0.5, 0.6) is 0 Å². The highest BCUT2D eigenvalue weighted by atomic mass is 16.2. The molecule has 0 aliphatic rings. The van der Waals surface area contributed by atoms with Crippen LogP contribution in [0.15, 0.2) is 48.7 Å². The number of H-pyrrole nitrogens is 1. The number of amides is 2. The Labute approximate surface area is 159 Å². The first kappa shape index (κ1) is 18.5. The van der Waals surface area contributed by atoms with Gasteiger partial charge in [-0.25, -0.2) is 4.79 Å². The Balaban J connectivity index is 1.73. The Kier molecular flexibility index (Phi) is 5.77. The van der Waals surface area contributed by atoms with Crippen molar-refractivity contribution >= 4 is 22.6 Å². The van der Waals surface area contributed by atoms with Gasteiger partial charge in [0.25, 0.3) is 0 Å². The largest absolute Gasteiger partial charge is 0.361 e. The van der Waals surface area contributed by atoms with Crippen molar-refractivity contribution in [1.82, 2.24) is 9.88 Å². The van der Waals surface area contributed by atoms with E-state index in [2.05, 4.69) is 22.4 Å². The molecule has 0 bridgehead atoms. The zero-order valence-corrected chi connectivity index (χ0v) is 15.7. The van der Waals surface area contributed by atoms with E-state index in [-0.39, 0.29) is 6.03 Å². The van der Waals surface area contributed by atoms with Crippen molar-refractivity contribution in [2.24, 2.45) is 0 Å². The number of fused-ring (bicyclic) bond motifs is 1. The molecule has 27 heavy (non-hydrogen) atoms. The summed E-state index contributed by atoms with van der Waals surface area (Å²) >= 11 is 0. The molecule has 0 spiro atoms. The van der Waals surface area contributed by atoms with Gasteiger partial charge in [-0.1, -0.05) is 36.4 Å². The number of carbonyl (C=O) groups is 1. The molecular formula is C22H24N4O. The molecule has 2 aromatic carbocycles. The highest BCUT2D eigenvalue weighted by Gasteiger charge is 2.16. The number of nitriles is 1. The average molecular weight is 360 g/mol. The van der Waals surface area contributed by atoms with Crippen LogP contribution in [0, 0.1) is 25.2 Å². The number of benzene rings is 2. The van der Waals surface area contributed by atoms with Crippen molar-refractivity contribution in [1.29, 1.82) is 5.26 Å². The molecule has 0 aliphatic carbocycles. The van der Waals surface area contributed by atoms with Crippen LogP contribution in [0.2, 0.25) is 0 Å². The first-order valence-corrected chi connectivity index (χ1v) is 9.14. The number of urea groups is 1. The molecule has 0 saturated heterocycles. The van der Waals surface area contributed by atoms with Crippen molar-refractivity contribution in [3.63, 3.8) is 0 Å². The molecular weight excluding hydrogens is 336 g/mol. The summed E-state index contributed by atoms with van der Waals surface area (Å²) in [6.45, 7) is 4.93. The minimum absolute atomic E-state index is 0.164. The number of anilines is 1. The highest BCUT2D eigenvalue weighted by Crippen LogP contribution is 2.21. The van der Waals surface area contributed by atoms with E-state index in [0.717, 1.165) is 28.8 Å². The van der Waals surface area contributed by atoms with E-state index in [0.29, 0.717) is 19.5 Å². The van der Waals surface area contributed by atoms with Crippen molar-refractivity contribution in [2.45, 2.75) is 26.7 Å². The SMILES string of the molecule is Cc1cccc(C)c1NC(=O)N(CCC#N)CCc1c[nH]c2ccccc12. The Morgan fingerprint density at radius 1 is 1.11 bits per heavy atom. The van der Waals surface area contributed by atoms with Crippen LogP contribution in [0.4, 0.5) is 10.5 Å². The number of aryl methyl sites for hydroxylation is 2. The molecule has 0 unspecified atom stereocenters. The normalized spacial score (nSPS) is 10.6. The first-order valence-electron chi connectivity index (χ1n) is 9.14. The number of para-hydroxylation sites is 2. The summed E-state index contributed by atoms with van der Waals surface area (Å²) < 4.78 is 0. The molecule has 0 fully saturated rings. The minimum Gasteiger partial charge on any atom is -0.361 e. The van der Waals surface area contributed by atoms with Crippen LogP contribution >= 0.6 is 0 Å². The van der Waals surface area contributed by atoms with Crippen LogP contribution in [-0.2, 0) is 6.42 Å². The highest BCUT2D eigenvalue weighted by molar-refractivity contribution is 5.91. The number of aromatic nitrogens is 1. The van der Waals surface area contributed by atoms with Gasteiger partial charge in [0.15, 0.2) is 0 Å². The number of rotatable bonds is 6. The van der Waals surface area contributed by atoms with Gasteiger partial charge in [0, 0.05) is 35.9 Å². The number of nitrogens with zero attached hydrogens (tertiary/aromatic N) is 2. The van der Waals surface area contributed by atoms with E-state index in [1.54, 1.807) is 4.90 Å². The smallest absolute Gasteiger partial charge is 0.321 e. The molecule has 3 aromatic rings. The second-order valence-corrected chi connectivity index (χ2v) is 6.70. The third-order valence-corrected chi connectivity index (χ3v) is 4.82. The van der Waals surface area contributed by atoms with Crippen LogP contribution < -0.4 is 5.32 Å². The lowest BCUT2D eigenvalue weighted by Gasteiger charge is -2.23. The fraction of sp³-hybridized carbons (Fsp3) is 0.273. The third-order valence-electron chi connectivity index (χ3n) is 4.82. The van der Waals surface area contributed by atoms with E-state index in [9.17, 15) is 4.79 Å². The molecule has 138 valence electrons. The summed E-state index contributed by atoms with van der Waals surface area (Å²) in [5.41, 5.74) is 5.17. The fourth-order valence-corrected chi connectivity index (χ4v) is 3.29. The van der Waals surface area contributed by atoms with E-state index >= 15 is 0 Å². The van der Waals surface area contributed by atoms with E-state index in [4.69, 9.17) is 5.26 Å². The maximum Gasteiger partial charge on any atom is 0.321 e. The van der Waals surface area contributed by atoms with Crippen LogP contribution in [0.3, 0.4) is 0 Å². The van der Waals surface area contributed by atoms with Gasteiger partial charge >= 0.3 is 6.03 Å². The topological polar surface area (TPSA) is 71.9 Å². The summed E-state index contributed by atoms with van der Waals surface area (Å²) in [5, 5.41) is 13.2. The number of aromatic amines is 1. The summed E-state index contributed by atoms with van der Waals surface area (Å²) in [7, 11) is 0. The second-order valence-electron chi connectivity index (χ2n) is 6.70. The van der Waals surface area contributed by atoms with Gasteiger partial charge in [-0.15, -0.1) is 0 Å². The van der Waals surface area contributed by atoms with Gasteiger partial charge in [0.2, 0.25) is 0 Å². The van der Waals surface area contributed by atoms with E-state index < -0.39 is 0 Å². The Morgan fingerprint density at radius 2 is 1.85 bits per heavy atom. The molecule has 5 nitrogen and oxygen atoms in total. The molecule has 1 aromatic heterocycles. The standard InChI is InChI=1S/C22H24N4O/c1-16-7-5-8-17(2)21(16)25-22(27)26(13-6-12-23)14-11-18-15-24-20-10-4-3-9-19(18)20/h3-5,7-10,15,24H,6,11,13-14H2,1-2H3,(H,25,27). The molecule has 0 radical (unpaired) electrons. The predicted octanol–water partition coefficient (Wildman–Crippen LogP) is 4.78. The van der Waals surface area contributed by atoms with Gasteiger partial charge in [-0.05, 0) is 43.0 Å². The van der Waals surface area contributed by atoms with Crippen molar-refractivity contribution < 1.29 is 4.79 Å². The molecule has 3 rings (SSSR count).